The van der Waals surface area contributed by atoms with Crippen molar-refractivity contribution in [2.75, 3.05) is 0 Å². The predicted octanol–water partition coefficient (Wildman–Crippen LogP) is 4.85. The highest BCUT2D eigenvalue weighted by atomic mass is 19.4. The number of nitriles is 1. The van der Waals surface area contributed by atoms with Crippen LogP contribution in [-0.2, 0) is 6.18 Å². The Kier molecular flexibility index (Phi) is 4.31. The largest absolute Gasteiger partial charge is 0.433 e. The van der Waals surface area contributed by atoms with Crippen LogP contribution < -0.4 is 4.74 Å². The minimum atomic E-state index is -4.51. The highest BCUT2D eigenvalue weighted by molar-refractivity contribution is 5.68. The molecule has 7 heteroatoms. The Morgan fingerprint density at radius 1 is 1.00 bits per heavy atom. The van der Waals surface area contributed by atoms with Crippen LogP contribution in [0.4, 0.5) is 22.0 Å². The summed E-state index contributed by atoms with van der Waals surface area (Å²) in [7, 11) is 0. The first kappa shape index (κ1) is 15.8. The molecule has 0 aliphatic carbocycles. The van der Waals surface area contributed by atoms with Gasteiger partial charge in [-0.1, -0.05) is 18.2 Å². The number of hydrogen-bond acceptors (Lipinski definition) is 2. The molecule has 0 aromatic heterocycles. The lowest BCUT2D eigenvalue weighted by atomic mass is 10.0. The van der Waals surface area contributed by atoms with E-state index in [1.807, 2.05) is 0 Å². The van der Waals surface area contributed by atoms with E-state index in [-0.39, 0.29) is 22.4 Å². The van der Waals surface area contributed by atoms with Crippen LogP contribution in [0.2, 0.25) is 0 Å². The average molecular weight is 313 g/mol. The molecule has 0 fully saturated rings. The first-order valence-electron chi connectivity index (χ1n) is 5.98. The topological polar surface area (TPSA) is 33.0 Å². The molecule has 0 amide bonds. The third kappa shape index (κ3) is 3.52. The Morgan fingerprint density at radius 2 is 1.68 bits per heavy atom. The van der Waals surface area contributed by atoms with E-state index in [2.05, 4.69) is 4.74 Å². The number of benzene rings is 2. The molecule has 2 aromatic carbocycles. The van der Waals surface area contributed by atoms with Gasteiger partial charge in [0.2, 0.25) is 0 Å². The molecule has 0 saturated heterocycles. The quantitative estimate of drug-likeness (QED) is 0.759. The zero-order valence-corrected chi connectivity index (χ0v) is 10.9. The van der Waals surface area contributed by atoms with Crippen LogP contribution in [0.15, 0.2) is 42.5 Å². The average Bonchev–Trinajstić information content (AvgIpc) is 2.46. The van der Waals surface area contributed by atoms with Crippen LogP contribution >= 0.6 is 0 Å². The first-order chi connectivity index (χ1) is 10.3. The van der Waals surface area contributed by atoms with Crippen LogP contribution in [0, 0.1) is 11.3 Å². The van der Waals surface area contributed by atoms with Gasteiger partial charge in [-0.2, -0.15) is 27.2 Å². The summed E-state index contributed by atoms with van der Waals surface area (Å²) in [5, 5.41) is 8.82. The minimum absolute atomic E-state index is 0.129. The third-order valence-electron chi connectivity index (χ3n) is 2.84. The molecule has 0 spiro atoms. The van der Waals surface area contributed by atoms with Crippen molar-refractivity contribution in [3.63, 3.8) is 0 Å². The van der Waals surface area contributed by atoms with Gasteiger partial charge < -0.3 is 4.74 Å². The van der Waals surface area contributed by atoms with E-state index in [4.69, 9.17) is 5.26 Å². The number of hydrogen-bond donors (Lipinski definition) is 0. The molecule has 2 rings (SSSR count). The summed E-state index contributed by atoms with van der Waals surface area (Å²) in [4.78, 5) is 0. The van der Waals surface area contributed by atoms with Gasteiger partial charge in [0, 0.05) is 0 Å². The van der Waals surface area contributed by atoms with Gasteiger partial charge in [-0.15, -0.1) is 0 Å². The molecule has 2 aromatic rings. The lowest BCUT2D eigenvalue weighted by Gasteiger charge is -2.11. The van der Waals surface area contributed by atoms with Crippen LogP contribution in [0.25, 0.3) is 11.1 Å². The van der Waals surface area contributed by atoms with Crippen LogP contribution in [0.3, 0.4) is 0 Å². The normalized spacial score (nSPS) is 11.3. The van der Waals surface area contributed by atoms with E-state index < -0.39 is 18.4 Å². The molecule has 0 N–H and O–H groups in total. The molecule has 0 atom stereocenters. The Balaban J connectivity index is 2.47. The van der Waals surface area contributed by atoms with Gasteiger partial charge in [0.05, 0.1) is 11.1 Å². The van der Waals surface area contributed by atoms with E-state index >= 15 is 0 Å². The van der Waals surface area contributed by atoms with Crippen LogP contribution in [0.1, 0.15) is 11.1 Å². The summed E-state index contributed by atoms with van der Waals surface area (Å²) in [5.74, 6) is -0.382. The van der Waals surface area contributed by atoms with Gasteiger partial charge in [-0.3, -0.25) is 0 Å². The molecule has 0 aliphatic heterocycles. The molecule has 0 radical (unpaired) electrons. The van der Waals surface area contributed by atoms with E-state index in [9.17, 15) is 22.0 Å². The zero-order chi connectivity index (χ0) is 16.3. The molecule has 22 heavy (non-hydrogen) atoms. The maximum absolute atomic E-state index is 12.7. The highest BCUT2D eigenvalue weighted by Crippen LogP contribution is 2.33. The number of rotatable bonds is 3. The maximum atomic E-state index is 12.7. The fourth-order valence-electron chi connectivity index (χ4n) is 1.86. The van der Waals surface area contributed by atoms with Gasteiger partial charge in [0.25, 0.3) is 0 Å². The summed E-state index contributed by atoms with van der Waals surface area (Å²) >= 11 is 0. The van der Waals surface area contributed by atoms with E-state index in [1.54, 1.807) is 6.07 Å². The minimum Gasteiger partial charge on any atom is -0.433 e. The molecule has 114 valence electrons. The molecule has 0 unspecified atom stereocenters. The standard InChI is InChI=1S/C15H8F5NO/c16-14(17)22-13-7-10(4-5-11(13)8-21)9-2-1-3-12(6-9)15(18,19)20/h1-7,14H. The van der Waals surface area contributed by atoms with Crippen molar-refractivity contribution in [2.45, 2.75) is 12.8 Å². The van der Waals surface area contributed by atoms with Crippen LogP contribution in [0.5, 0.6) is 5.75 Å². The van der Waals surface area contributed by atoms with E-state index in [1.165, 1.54) is 24.3 Å². The smallest absolute Gasteiger partial charge is 0.416 e. The second kappa shape index (κ2) is 6.02. The molecule has 0 heterocycles. The number of nitrogens with zero attached hydrogens (tertiary/aromatic N) is 1. The van der Waals surface area contributed by atoms with E-state index in [0.29, 0.717) is 0 Å². The van der Waals surface area contributed by atoms with Gasteiger partial charge in [-0.05, 0) is 35.4 Å². The Labute approximate surface area is 122 Å². The second-order valence-corrected chi connectivity index (χ2v) is 4.28. The molecule has 0 aliphatic rings. The molecule has 0 saturated carbocycles. The lowest BCUT2D eigenvalue weighted by molar-refractivity contribution is -0.137. The van der Waals surface area contributed by atoms with E-state index in [0.717, 1.165) is 18.2 Å². The van der Waals surface area contributed by atoms with Gasteiger partial charge in [-0.25, -0.2) is 0 Å². The van der Waals surface area contributed by atoms with Crippen molar-refractivity contribution in [3.05, 3.63) is 53.6 Å². The summed E-state index contributed by atoms with van der Waals surface area (Å²) in [6.07, 6.45) is -4.51. The lowest BCUT2D eigenvalue weighted by Crippen LogP contribution is -2.05. The van der Waals surface area contributed by atoms with Crippen molar-refractivity contribution in [3.8, 4) is 22.9 Å². The summed E-state index contributed by atoms with van der Waals surface area (Å²) in [6, 6.07) is 9.79. The van der Waals surface area contributed by atoms with Gasteiger partial charge >= 0.3 is 12.8 Å². The van der Waals surface area contributed by atoms with Crippen molar-refractivity contribution in [1.82, 2.24) is 0 Å². The van der Waals surface area contributed by atoms with Gasteiger partial charge in [0.15, 0.2) is 0 Å². The molecule has 2 nitrogen and oxygen atoms in total. The maximum Gasteiger partial charge on any atom is 0.416 e. The fourth-order valence-corrected chi connectivity index (χ4v) is 1.86. The van der Waals surface area contributed by atoms with Crippen molar-refractivity contribution >= 4 is 0 Å². The van der Waals surface area contributed by atoms with Crippen molar-refractivity contribution in [2.24, 2.45) is 0 Å². The SMILES string of the molecule is N#Cc1ccc(-c2cccc(C(F)(F)F)c2)cc1OC(F)F. The Hall–Kier alpha value is -2.62. The van der Waals surface area contributed by atoms with Crippen LogP contribution in [-0.4, -0.2) is 6.61 Å². The summed E-state index contributed by atoms with van der Waals surface area (Å²) < 4.78 is 66.9. The predicted molar refractivity (Wildman–Crippen MR) is 68.2 cm³/mol. The third-order valence-corrected chi connectivity index (χ3v) is 2.84. The number of ether oxygens (including phenoxy) is 1. The Bertz CT molecular complexity index is 719. The first-order valence-corrected chi connectivity index (χ1v) is 5.98. The van der Waals surface area contributed by atoms with Gasteiger partial charge in [0.1, 0.15) is 11.8 Å². The highest BCUT2D eigenvalue weighted by Gasteiger charge is 2.30. The monoisotopic (exact) mass is 313 g/mol. The van der Waals surface area contributed by atoms with Crippen molar-refractivity contribution in [1.29, 1.82) is 5.26 Å². The van der Waals surface area contributed by atoms with Crippen molar-refractivity contribution < 1.29 is 26.7 Å². The summed E-state index contributed by atoms with van der Waals surface area (Å²) in [6.45, 7) is -3.14. The fraction of sp³-hybridized carbons (Fsp3) is 0.133. The summed E-state index contributed by atoms with van der Waals surface area (Å²) in [5.41, 5.74) is -0.569. The Morgan fingerprint density at radius 3 is 2.27 bits per heavy atom. The second-order valence-electron chi connectivity index (χ2n) is 4.28. The number of alkyl halides is 5. The molecular weight excluding hydrogens is 305 g/mol. The number of halogens is 5. The molecular formula is C15H8F5NO. The zero-order valence-electron chi connectivity index (χ0n) is 10.9. The molecule has 0 bridgehead atoms.